The van der Waals surface area contributed by atoms with Crippen LogP contribution in [0.3, 0.4) is 0 Å². The number of hydrogen-bond acceptors (Lipinski definition) is 5. The minimum atomic E-state index is -3.70. The van der Waals surface area contributed by atoms with Gasteiger partial charge < -0.3 is 15.6 Å². The van der Waals surface area contributed by atoms with E-state index < -0.39 is 9.84 Å². The summed E-state index contributed by atoms with van der Waals surface area (Å²) in [7, 11) is -3.70. The second-order valence-electron chi connectivity index (χ2n) is 11.0. The Kier molecular flexibility index (Phi) is 9.11. The molecule has 1 aliphatic rings. The van der Waals surface area contributed by atoms with Gasteiger partial charge >= 0.3 is 0 Å². The Balaban J connectivity index is 1.59. The third kappa shape index (κ3) is 6.74. The van der Waals surface area contributed by atoms with Crippen LogP contribution in [0, 0.1) is 13.8 Å². The number of anilines is 1. The molecule has 0 saturated heterocycles. The highest BCUT2D eigenvalue weighted by Gasteiger charge is 2.28. The molecule has 218 valence electrons. The third-order valence-electron chi connectivity index (χ3n) is 7.35. The van der Waals surface area contributed by atoms with E-state index in [1.165, 1.54) is 12.1 Å². The second-order valence-corrected chi connectivity index (χ2v) is 13.4. The number of amides is 2. The zero-order chi connectivity index (χ0) is 30.1. The lowest BCUT2D eigenvalue weighted by Gasteiger charge is -2.30. The van der Waals surface area contributed by atoms with Crippen LogP contribution in [-0.2, 0) is 20.4 Å². The molecule has 41 heavy (non-hydrogen) atoms. The maximum Gasteiger partial charge on any atom is 0.256 e. The Bertz CT molecular complexity index is 1610. The van der Waals surface area contributed by atoms with Crippen molar-refractivity contribution < 1.29 is 18.0 Å². The molecule has 2 heterocycles. The maximum absolute atomic E-state index is 13.2. The Morgan fingerprint density at radius 3 is 2.44 bits per heavy atom. The number of H-pyrrole nitrogens is 1. The third-order valence-corrected chi connectivity index (χ3v) is 9.27. The number of aryl methyl sites for hydroxylation is 1. The highest BCUT2D eigenvalue weighted by molar-refractivity contribution is 7.90. The van der Waals surface area contributed by atoms with Gasteiger partial charge in [-0.25, -0.2) is 8.42 Å². The summed E-state index contributed by atoms with van der Waals surface area (Å²) in [5, 5.41) is 6.29. The molecule has 2 aromatic carbocycles. The van der Waals surface area contributed by atoms with Crippen LogP contribution in [0.25, 0.3) is 11.6 Å². The van der Waals surface area contributed by atoms with Crippen molar-refractivity contribution in [1.29, 1.82) is 0 Å². The Hall–Kier alpha value is -3.40. The lowest BCUT2D eigenvalue weighted by atomic mass is 10.0. The molecule has 3 aromatic rings. The van der Waals surface area contributed by atoms with Crippen LogP contribution in [0.1, 0.15) is 66.1 Å². The molecule has 0 atom stereocenters. The predicted octanol–water partition coefficient (Wildman–Crippen LogP) is 5.60. The SMILES string of the molecule is Cc1[nH]c(C=C2C(=O)Nc3ccc(S(=O)(=O)Cc4cccc(Cl)c4)cc32)c(C)c1C(=O)NCCN(C(C)C)C(C)C. The highest BCUT2D eigenvalue weighted by Crippen LogP contribution is 2.36. The van der Waals surface area contributed by atoms with Gasteiger partial charge in [-0.3, -0.25) is 14.5 Å². The molecule has 8 nitrogen and oxygen atoms in total. The number of nitrogens with one attached hydrogen (secondary N) is 3. The van der Waals surface area contributed by atoms with Crippen molar-refractivity contribution in [3.63, 3.8) is 0 Å². The zero-order valence-electron chi connectivity index (χ0n) is 24.3. The quantitative estimate of drug-likeness (QED) is 0.264. The number of benzene rings is 2. The lowest BCUT2D eigenvalue weighted by molar-refractivity contribution is -0.110. The summed E-state index contributed by atoms with van der Waals surface area (Å²) in [5.74, 6) is -0.741. The number of sulfone groups is 1. The van der Waals surface area contributed by atoms with Gasteiger partial charge in [0.05, 0.1) is 21.8 Å². The van der Waals surface area contributed by atoms with Gasteiger partial charge in [0.25, 0.3) is 11.8 Å². The van der Waals surface area contributed by atoms with Gasteiger partial charge in [0.2, 0.25) is 0 Å². The Labute approximate surface area is 247 Å². The van der Waals surface area contributed by atoms with Crippen LogP contribution in [0.5, 0.6) is 0 Å². The number of carbonyl (C=O) groups excluding carboxylic acids is 2. The van der Waals surface area contributed by atoms with Crippen LogP contribution in [0.15, 0.2) is 47.4 Å². The highest BCUT2D eigenvalue weighted by atomic mass is 35.5. The Morgan fingerprint density at radius 1 is 1.07 bits per heavy atom. The van der Waals surface area contributed by atoms with E-state index in [9.17, 15) is 18.0 Å². The smallest absolute Gasteiger partial charge is 0.256 e. The molecule has 1 aromatic heterocycles. The van der Waals surface area contributed by atoms with Gasteiger partial charge in [-0.1, -0.05) is 23.7 Å². The first-order valence-electron chi connectivity index (χ1n) is 13.7. The summed E-state index contributed by atoms with van der Waals surface area (Å²) >= 11 is 6.04. The first-order chi connectivity index (χ1) is 19.3. The van der Waals surface area contributed by atoms with Crippen molar-refractivity contribution in [1.82, 2.24) is 15.2 Å². The molecule has 1 aliphatic heterocycles. The van der Waals surface area contributed by atoms with E-state index >= 15 is 0 Å². The number of carbonyl (C=O) groups is 2. The molecule has 2 amide bonds. The number of nitrogens with zero attached hydrogens (tertiary/aromatic N) is 1. The van der Waals surface area contributed by atoms with E-state index in [4.69, 9.17) is 11.6 Å². The van der Waals surface area contributed by atoms with Crippen molar-refractivity contribution in [2.45, 2.75) is 64.3 Å². The summed E-state index contributed by atoms with van der Waals surface area (Å²) in [5.41, 5.74) is 4.46. The molecule has 0 spiro atoms. The number of hydrogen-bond donors (Lipinski definition) is 3. The first kappa shape index (κ1) is 30.6. The number of halogens is 1. The second kappa shape index (κ2) is 12.2. The molecule has 0 saturated carbocycles. The van der Waals surface area contributed by atoms with Gasteiger partial charge in [-0.2, -0.15) is 0 Å². The van der Waals surface area contributed by atoms with Crippen LogP contribution < -0.4 is 10.6 Å². The standard InChI is InChI=1S/C31H37ClN4O4S/c1-18(2)36(19(3)4)13-12-33-31(38)29-20(5)28(34-21(29)6)16-26-25-15-24(10-11-27(25)35-30(26)37)41(39,40)17-22-8-7-9-23(32)14-22/h7-11,14-16,18-19,34H,12-13,17H2,1-6H3,(H,33,38)(H,35,37). The molecular formula is C31H37ClN4O4S. The molecule has 0 bridgehead atoms. The molecule has 3 N–H and O–H groups in total. The Morgan fingerprint density at radius 2 is 1.78 bits per heavy atom. The van der Waals surface area contributed by atoms with Gasteiger partial charge in [0, 0.05) is 52.8 Å². The fourth-order valence-corrected chi connectivity index (χ4v) is 6.91. The van der Waals surface area contributed by atoms with Gasteiger partial charge in [-0.15, -0.1) is 0 Å². The van der Waals surface area contributed by atoms with Crippen LogP contribution in [0.2, 0.25) is 5.02 Å². The van der Waals surface area contributed by atoms with Crippen LogP contribution in [0.4, 0.5) is 5.69 Å². The normalized spacial score (nSPS) is 14.3. The van der Waals surface area contributed by atoms with E-state index in [-0.39, 0.29) is 22.5 Å². The van der Waals surface area contributed by atoms with Crippen LogP contribution >= 0.6 is 11.6 Å². The maximum atomic E-state index is 13.2. The summed E-state index contributed by atoms with van der Waals surface area (Å²) in [6.45, 7) is 13.4. The molecule has 0 radical (unpaired) electrons. The largest absolute Gasteiger partial charge is 0.358 e. The number of aromatic nitrogens is 1. The first-order valence-corrected chi connectivity index (χ1v) is 15.7. The van der Waals surface area contributed by atoms with E-state index in [1.54, 1.807) is 36.4 Å². The van der Waals surface area contributed by atoms with Gasteiger partial charge in [-0.05, 0) is 89.1 Å². The van der Waals surface area contributed by atoms with E-state index in [2.05, 4.69) is 48.2 Å². The molecule has 0 fully saturated rings. The summed E-state index contributed by atoms with van der Waals surface area (Å²) < 4.78 is 26.4. The number of aromatic amines is 1. The summed E-state index contributed by atoms with van der Waals surface area (Å²) in [4.78, 5) is 31.7. The molecule has 10 heteroatoms. The predicted molar refractivity (Wildman–Crippen MR) is 165 cm³/mol. The summed E-state index contributed by atoms with van der Waals surface area (Å²) in [6.07, 6.45) is 1.67. The van der Waals surface area contributed by atoms with E-state index in [1.807, 2.05) is 13.8 Å². The molecule has 0 unspecified atom stereocenters. The number of rotatable bonds is 10. The molecular weight excluding hydrogens is 560 g/mol. The average molecular weight is 597 g/mol. The fraction of sp³-hybridized carbons (Fsp3) is 0.355. The van der Waals surface area contributed by atoms with E-state index in [0.29, 0.717) is 68.6 Å². The average Bonchev–Trinajstić information content (AvgIpc) is 3.34. The topological polar surface area (TPSA) is 111 Å². The lowest BCUT2D eigenvalue weighted by Crippen LogP contribution is -2.42. The van der Waals surface area contributed by atoms with Gasteiger partial charge in [0.15, 0.2) is 9.84 Å². The van der Waals surface area contributed by atoms with E-state index in [0.717, 1.165) is 6.54 Å². The fourth-order valence-electron chi connectivity index (χ4n) is 5.34. The molecule has 4 rings (SSSR count). The van der Waals surface area contributed by atoms with Crippen molar-refractivity contribution in [2.75, 3.05) is 18.4 Å². The minimum absolute atomic E-state index is 0.106. The van der Waals surface area contributed by atoms with Crippen molar-refractivity contribution in [3.05, 3.63) is 81.1 Å². The van der Waals surface area contributed by atoms with Crippen LogP contribution in [-0.4, -0.2) is 55.3 Å². The number of fused-ring (bicyclic) bond motifs is 1. The van der Waals surface area contributed by atoms with Crippen molar-refractivity contribution >= 4 is 50.6 Å². The molecule has 0 aliphatic carbocycles. The minimum Gasteiger partial charge on any atom is -0.358 e. The van der Waals surface area contributed by atoms with Crippen molar-refractivity contribution in [2.24, 2.45) is 0 Å². The van der Waals surface area contributed by atoms with Gasteiger partial charge in [0.1, 0.15) is 0 Å². The van der Waals surface area contributed by atoms with Crippen molar-refractivity contribution in [3.8, 4) is 0 Å². The summed E-state index contributed by atoms with van der Waals surface area (Å²) in [6, 6.07) is 12.1. The zero-order valence-corrected chi connectivity index (χ0v) is 25.8. The monoisotopic (exact) mass is 596 g/mol.